The Morgan fingerprint density at radius 1 is 1.28 bits per heavy atom. The fourth-order valence-electron chi connectivity index (χ4n) is 1.73. The molecule has 0 bridgehead atoms. The maximum atomic E-state index is 12.0. The van der Waals surface area contributed by atoms with E-state index < -0.39 is 0 Å². The number of carbonyl (C=O) groups excluding carboxylic acids is 1. The lowest BCUT2D eigenvalue weighted by Gasteiger charge is -2.09. The van der Waals surface area contributed by atoms with Crippen LogP contribution in [0.5, 0.6) is 5.75 Å². The second-order valence-electron chi connectivity index (χ2n) is 4.56. The molecule has 1 atom stereocenters. The molecule has 0 saturated carbocycles. The minimum absolute atomic E-state index is 0.154. The van der Waals surface area contributed by atoms with E-state index in [-0.39, 0.29) is 11.7 Å². The average molecular weight is 250 g/mol. The first-order valence-corrected chi connectivity index (χ1v) is 6.42. The van der Waals surface area contributed by atoms with Gasteiger partial charge in [-0.1, -0.05) is 13.8 Å². The van der Waals surface area contributed by atoms with Crippen LogP contribution in [0.3, 0.4) is 0 Å². The number of benzene rings is 1. The summed E-state index contributed by atoms with van der Waals surface area (Å²) in [5.41, 5.74) is 0.738. The smallest absolute Gasteiger partial charge is 0.163 e. The minimum Gasteiger partial charge on any atom is -0.494 e. The Morgan fingerprint density at radius 3 is 2.50 bits per heavy atom. The molecule has 0 fully saturated rings. The first-order chi connectivity index (χ1) is 8.67. The lowest BCUT2D eigenvalue weighted by Crippen LogP contribution is -2.10. The second kappa shape index (κ2) is 7.88. The molecule has 1 unspecified atom stereocenters. The van der Waals surface area contributed by atoms with Gasteiger partial charge >= 0.3 is 0 Å². The molecule has 1 aromatic rings. The van der Waals surface area contributed by atoms with Crippen LogP contribution in [0.15, 0.2) is 24.3 Å². The van der Waals surface area contributed by atoms with Gasteiger partial charge in [-0.3, -0.25) is 4.79 Å². The van der Waals surface area contributed by atoms with Gasteiger partial charge < -0.3 is 9.47 Å². The van der Waals surface area contributed by atoms with Crippen molar-refractivity contribution in [3.8, 4) is 5.75 Å². The van der Waals surface area contributed by atoms with Crippen LogP contribution in [0.2, 0.25) is 0 Å². The van der Waals surface area contributed by atoms with Crippen molar-refractivity contribution in [1.82, 2.24) is 0 Å². The molecule has 0 spiro atoms. The van der Waals surface area contributed by atoms with Gasteiger partial charge in [-0.2, -0.15) is 0 Å². The summed E-state index contributed by atoms with van der Waals surface area (Å²) >= 11 is 0. The maximum Gasteiger partial charge on any atom is 0.163 e. The molecule has 3 heteroatoms. The third kappa shape index (κ3) is 4.88. The number of carbonyl (C=O) groups is 1. The van der Waals surface area contributed by atoms with Gasteiger partial charge in [0.2, 0.25) is 0 Å². The predicted octanol–water partition coefficient (Wildman–Crippen LogP) is 3.33. The van der Waals surface area contributed by atoms with Crippen LogP contribution in [0.4, 0.5) is 0 Å². The summed E-state index contributed by atoms with van der Waals surface area (Å²) in [6, 6.07) is 7.35. The molecule has 0 N–H and O–H groups in total. The summed E-state index contributed by atoms with van der Waals surface area (Å²) in [6.07, 6.45) is 1.50. The van der Waals surface area contributed by atoms with E-state index in [4.69, 9.17) is 9.47 Å². The molecule has 100 valence electrons. The summed E-state index contributed by atoms with van der Waals surface area (Å²) in [6.45, 7) is 5.40. The van der Waals surface area contributed by atoms with Crippen LogP contribution in [-0.4, -0.2) is 26.1 Å². The van der Waals surface area contributed by atoms with Crippen LogP contribution in [-0.2, 0) is 4.74 Å². The topological polar surface area (TPSA) is 35.5 Å². The van der Waals surface area contributed by atoms with E-state index in [0.717, 1.165) is 17.7 Å². The summed E-state index contributed by atoms with van der Waals surface area (Å²) in [5.74, 6) is 1.22. The van der Waals surface area contributed by atoms with Gasteiger partial charge in [-0.15, -0.1) is 0 Å². The van der Waals surface area contributed by atoms with Gasteiger partial charge in [0, 0.05) is 25.7 Å². The summed E-state index contributed by atoms with van der Waals surface area (Å²) in [7, 11) is 1.65. The highest BCUT2D eigenvalue weighted by Gasteiger charge is 2.11. The number of rotatable bonds is 8. The molecule has 0 radical (unpaired) electrons. The van der Waals surface area contributed by atoms with E-state index in [0.29, 0.717) is 19.6 Å². The minimum atomic E-state index is 0.154. The summed E-state index contributed by atoms with van der Waals surface area (Å²) in [5, 5.41) is 0. The highest BCUT2D eigenvalue weighted by molar-refractivity contribution is 5.96. The molecule has 18 heavy (non-hydrogen) atoms. The van der Waals surface area contributed by atoms with Crippen molar-refractivity contribution in [2.75, 3.05) is 20.3 Å². The predicted molar refractivity (Wildman–Crippen MR) is 72.2 cm³/mol. The maximum absolute atomic E-state index is 12.0. The largest absolute Gasteiger partial charge is 0.494 e. The van der Waals surface area contributed by atoms with E-state index in [2.05, 4.69) is 6.92 Å². The number of hydrogen-bond donors (Lipinski definition) is 0. The Kier molecular flexibility index (Phi) is 6.44. The standard InChI is InChI=1S/C15H22O3/c1-4-9-18-14-7-5-13(6-8-14)15(16)10-12(2)11-17-3/h5-8,12H,4,9-11H2,1-3H3. The second-order valence-corrected chi connectivity index (χ2v) is 4.56. The Labute approximate surface area is 109 Å². The Balaban J connectivity index is 2.53. The number of ether oxygens (including phenoxy) is 2. The van der Waals surface area contributed by atoms with Crippen molar-refractivity contribution >= 4 is 5.78 Å². The lowest BCUT2D eigenvalue weighted by molar-refractivity contribution is 0.0920. The zero-order valence-electron chi connectivity index (χ0n) is 11.4. The Bertz CT molecular complexity index is 357. The molecule has 0 aromatic heterocycles. The van der Waals surface area contributed by atoms with E-state index in [1.807, 2.05) is 31.2 Å². The SMILES string of the molecule is CCCOc1ccc(C(=O)CC(C)COC)cc1. The highest BCUT2D eigenvalue weighted by Crippen LogP contribution is 2.15. The van der Waals surface area contributed by atoms with Gasteiger partial charge in [0.05, 0.1) is 6.61 Å². The molecule has 1 rings (SSSR count). The number of hydrogen-bond acceptors (Lipinski definition) is 3. The van der Waals surface area contributed by atoms with Crippen molar-refractivity contribution in [2.24, 2.45) is 5.92 Å². The van der Waals surface area contributed by atoms with Gasteiger partial charge in [0.15, 0.2) is 5.78 Å². The van der Waals surface area contributed by atoms with Crippen molar-refractivity contribution in [3.05, 3.63) is 29.8 Å². The third-order valence-corrected chi connectivity index (χ3v) is 2.63. The first kappa shape index (κ1) is 14.7. The van der Waals surface area contributed by atoms with Gasteiger partial charge in [0.1, 0.15) is 5.75 Å². The monoisotopic (exact) mass is 250 g/mol. The van der Waals surface area contributed by atoms with Crippen LogP contribution in [0.1, 0.15) is 37.0 Å². The van der Waals surface area contributed by atoms with Crippen molar-refractivity contribution in [3.63, 3.8) is 0 Å². The fourth-order valence-corrected chi connectivity index (χ4v) is 1.73. The quantitative estimate of drug-likeness (QED) is 0.664. The molecular formula is C15H22O3. The molecule has 1 aromatic carbocycles. The van der Waals surface area contributed by atoms with Gasteiger partial charge in [-0.25, -0.2) is 0 Å². The summed E-state index contributed by atoms with van der Waals surface area (Å²) in [4.78, 5) is 12.0. The lowest BCUT2D eigenvalue weighted by atomic mass is 10.0. The number of Topliss-reactive ketones (excluding diaryl/α,β-unsaturated/α-hetero) is 1. The molecule has 3 nitrogen and oxygen atoms in total. The van der Waals surface area contributed by atoms with Crippen molar-refractivity contribution < 1.29 is 14.3 Å². The van der Waals surface area contributed by atoms with E-state index in [1.54, 1.807) is 7.11 Å². The van der Waals surface area contributed by atoms with Gasteiger partial charge in [0.25, 0.3) is 0 Å². The molecule has 0 aliphatic carbocycles. The van der Waals surface area contributed by atoms with E-state index in [9.17, 15) is 4.79 Å². The first-order valence-electron chi connectivity index (χ1n) is 6.42. The van der Waals surface area contributed by atoms with Crippen molar-refractivity contribution in [1.29, 1.82) is 0 Å². The molecule has 0 aliphatic rings. The Hall–Kier alpha value is -1.35. The third-order valence-electron chi connectivity index (χ3n) is 2.63. The van der Waals surface area contributed by atoms with E-state index in [1.165, 1.54) is 0 Å². The zero-order valence-corrected chi connectivity index (χ0v) is 11.4. The van der Waals surface area contributed by atoms with Crippen LogP contribution in [0.25, 0.3) is 0 Å². The van der Waals surface area contributed by atoms with Crippen molar-refractivity contribution in [2.45, 2.75) is 26.7 Å². The zero-order chi connectivity index (χ0) is 13.4. The number of ketones is 1. The van der Waals surface area contributed by atoms with Crippen LogP contribution in [0, 0.1) is 5.92 Å². The molecule has 0 saturated heterocycles. The normalized spacial score (nSPS) is 12.2. The fraction of sp³-hybridized carbons (Fsp3) is 0.533. The van der Waals surface area contributed by atoms with Crippen LogP contribution >= 0.6 is 0 Å². The average Bonchev–Trinajstić information content (AvgIpc) is 2.37. The Morgan fingerprint density at radius 2 is 1.94 bits per heavy atom. The molecule has 0 aliphatic heterocycles. The number of methoxy groups -OCH3 is 1. The summed E-state index contributed by atoms with van der Waals surface area (Å²) < 4.78 is 10.5. The highest BCUT2D eigenvalue weighted by atomic mass is 16.5. The molecule has 0 heterocycles. The van der Waals surface area contributed by atoms with Crippen LogP contribution < -0.4 is 4.74 Å². The van der Waals surface area contributed by atoms with E-state index >= 15 is 0 Å². The van der Waals surface area contributed by atoms with Gasteiger partial charge in [-0.05, 0) is 36.6 Å². The molecule has 0 amide bonds. The molecular weight excluding hydrogens is 228 g/mol.